The smallest absolute Gasteiger partial charge is 0.252 e. The van der Waals surface area contributed by atoms with E-state index >= 15 is 0 Å². The number of carbonyl (C=O) groups excluding carboxylic acids is 1. The van der Waals surface area contributed by atoms with Crippen LogP contribution in [0.3, 0.4) is 0 Å². The van der Waals surface area contributed by atoms with E-state index in [1.807, 2.05) is 0 Å². The molecule has 1 aromatic carbocycles. The van der Waals surface area contributed by atoms with Gasteiger partial charge >= 0.3 is 0 Å². The lowest BCUT2D eigenvalue weighted by Crippen LogP contribution is -2.36. The molecule has 2 rings (SSSR count). The summed E-state index contributed by atoms with van der Waals surface area (Å²) in [5, 5.41) is 3.91. The van der Waals surface area contributed by atoms with Crippen molar-refractivity contribution in [2.24, 2.45) is 5.92 Å². The summed E-state index contributed by atoms with van der Waals surface area (Å²) in [6, 6.07) is 4.93. The summed E-state index contributed by atoms with van der Waals surface area (Å²) in [6.45, 7) is 2.90. The van der Waals surface area contributed by atoms with Gasteiger partial charge in [-0.15, -0.1) is 0 Å². The molecule has 0 bridgehead atoms. The number of carbonyl (C=O) groups is 1. The second-order valence-electron chi connectivity index (χ2n) is 5.08. The third-order valence-corrected chi connectivity index (χ3v) is 4.13. The van der Waals surface area contributed by atoms with Crippen molar-refractivity contribution in [3.8, 4) is 0 Å². The Morgan fingerprint density at radius 2 is 2.05 bits per heavy atom. The largest absolute Gasteiger partial charge is 0.352 e. The number of nitrogens with zero attached hydrogens (tertiary/aromatic N) is 1. The molecule has 0 radical (unpaired) electrons. The average Bonchev–Trinajstić information content (AvgIpc) is 2.40. The molecule has 1 heterocycles. The van der Waals surface area contributed by atoms with E-state index in [4.69, 9.17) is 23.2 Å². The number of rotatable bonds is 3. The van der Waals surface area contributed by atoms with Gasteiger partial charge in [-0.25, -0.2) is 0 Å². The topological polar surface area (TPSA) is 32.3 Å². The maximum atomic E-state index is 12.1. The molecule has 1 saturated heterocycles. The van der Waals surface area contributed by atoms with E-state index in [9.17, 15) is 4.79 Å². The molecular formula is C14H18Cl2N2O. The summed E-state index contributed by atoms with van der Waals surface area (Å²) in [4.78, 5) is 14.4. The van der Waals surface area contributed by atoms with Crippen LogP contribution in [0.15, 0.2) is 18.2 Å². The molecule has 5 heteroatoms. The zero-order chi connectivity index (χ0) is 13.8. The van der Waals surface area contributed by atoms with E-state index in [0.29, 0.717) is 28.1 Å². The van der Waals surface area contributed by atoms with Crippen LogP contribution < -0.4 is 5.32 Å². The van der Waals surface area contributed by atoms with Gasteiger partial charge in [0.25, 0.3) is 5.91 Å². The van der Waals surface area contributed by atoms with Crippen molar-refractivity contribution < 1.29 is 4.79 Å². The zero-order valence-electron chi connectivity index (χ0n) is 11.0. The lowest BCUT2D eigenvalue weighted by Gasteiger charge is -2.28. The van der Waals surface area contributed by atoms with Crippen molar-refractivity contribution in [2.45, 2.75) is 12.8 Å². The quantitative estimate of drug-likeness (QED) is 0.930. The number of piperidine rings is 1. The minimum Gasteiger partial charge on any atom is -0.352 e. The predicted octanol–water partition coefficient (Wildman–Crippen LogP) is 3.07. The first kappa shape index (κ1) is 14.6. The van der Waals surface area contributed by atoms with E-state index in [0.717, 1.165) is 25.9 Å². The van der Waals surface area contributed by atoms with E-state index in [1.54, 1.807) is 18.2 Å². The van der Waals surface area contributed by atoms with Crippen molar-refractivity contribution >= 4 is 29.1 Å². The minimum absolute atomic E-state index is 0.147. The fourth-order valence-corrected chi connectivity index (χ4v) is 2.65. The Morgan fingerprint density at radius 3 is 2.74 bits per heavy atom. The number of likely N-dealkylation sites (tertiary alicyclic amines) is 1. The van der Waals surface area contributed by atoms with Gasteiger partial charge in [0.2, 0.25) is 0 Å². The first-order chi connectivity index (χ1) is 9.06. The molecule has 1 fully saturated rings. The second-order valence-corrected chi connectivity index (χ2v) is 5.92. The molecule has 1 amide bonds. The Labute approximate surface area is 123 Å². The highest BCUT2D eigenvalue weighted by Crippen LogP contribution is 2.21. The Hall–Kier alpha value is -0.770. The summed E-state index contributed by atoms with van der Waals surface area (Å²) in [7, 11) is 2.13. The highest BCUT2D eigenvalue weighted by Gasteiger charge is 2.18. The summed E-state index contributed by atoms with van der Waals surface area (Å²) in [5.74, 6) is 0.407. The third-order valence-electron chi connectivity index (χ3n) is 3.56. The Bertz CT molecular complexity index is 457. The van der Waals surface area contributed by atoms with Crippen molar-refractivity contribution in [1.82, 2.24) is 10.2 Å². The van der Waals surface area contributed by atoms with Crippen LogP contribution in [0.2, 0.25) is 10.0 Å². The molecule has 19 heavy (non-hydrogen) atoms. The van der Waals surface area contributed by atoms with Crippen LogP contribution in [0.25, 0.3) is 0 Å². The van der Waals surface area contributed by atoms with Crippen LogP contribution >= 0.6 is 23.2 Å². The number of nitrogens with one attached hydrogen (secondary N) is 1. The number of hydrogen-bond acceptors (Lipinski definition) is 2. The molecule has 104 valence electrons. The van der Waals surface area contributed by atoms with Gasteiger partial charge in [-0.1, -0.05) is 23.2 Å². The maximum absolute atomic E-state index is 12.1. The van der Waals surface area contributed by atoms with Gasteiger partial charge in [-0.3, -0.25) is 4.79 Å². The molecule has 0 atom stereocenters. The SMILES string of the molecule is CN1CCC(CNC(=O)c2cc(Cl)ccc2Cl)CC1. The molecule has 0 saturated carbocycles. The molecule has 3 nitrogen and oxygen atoms in total. The first-order valence-electron chi connectivity index (χ1n) is 6.48. The molecule has 0 unspecified atom stereocenters. The van der Waals surface area contributed by atoms with Gasteiger partial charge in [0.15, 0.2) is 0 Å². The van der Waals surface area contributed by atoms with E-state index in [1.165, 1.54) is 0 Å². The molecule has 1 aliphatic rings. The number of benzene rings is 1. The minimum atomic E-state index is -0.147. The number of amides is 1. The third kappa shape index (κ3) is 4.10. The van der Waals surface area contributed by atoms with Crippen LogP contribution in [0, 0.1) is 5.92 Å². The van der Waals surface area contributed by atoms with Gasteiger partial charge in [0.1, 0.15) is 0 Å². The molecule has 1 aromatic rings. The van der Waals surface area contributed by atoms with Gasteiger partial charge < -0.3 is 10.2 Å². The molecular weight excluding hydrogens is 283 g/mol. The van der Waals surface area contributed by atoms with Crippen LogP contribution in [0.5, 0.6) is 0 Å². The van der Waals surface area contributed by atoms with Gasteiger partial charge in [-0.2, -0.15) is 0 Å². The fourth-order valence-electron chi connectivity index (χ4n) is 2.27. The normalized spacial score (nSPS) is 17.4. The Kier molecular flexibility index (Phi) is 5.08. The highest BCUT2D eigenvalue weighted by molar-refractivity contribution is 6.35. The van der Waals surface area contributed by atoms with Crippen LogP contribution in [0.4, 0.5) is 0 Å². The van der Waals surface area contributed by atoms with Crippen LogP contribution in [-0.2, 0) is 0 Å². The van der Waals surface area contributed by atoms with Crippen LogP contribution in [0.1, 0.15) is 23.2 Å². The van der Waals surface area contributed by atoms with Crippen molar-refractivity contribution in [3.63, 3.8) is 0 Å². The molecule has 0 aromatic heterocycles. The predicted molar refractivity (Wildman–Crippen MR) is 79.0 cm³/mol. The Morgan fingerprint density at radius 1 is 1.37 bits per heavy atom. The monoisotopic (exact) mass is 300 g/mol. The van der Waals surface area contributed by atoms with E-state index in [-0.39, 0.29) is 5.91 Å². The highest BCUT2D eigenvalue weighted by atomic mass is 35.5. The zero-order valence-corrected chi connectivity index (χ0v) is 12.5. The fraction of sp³-hybridized carbons (Fsp3) is 0.500. The van der Waals surface area contributed by atoms with Gasteiger partial charge in [0, 0.05) is 11.6 Å². The standard InChI is InChI=1S/C14H18Cl2N2O/c1-18-6-4-10(5-7-18)9-17-14(19)12-8-11(15)2-3-13(12)16/h2-3,8,10H,4-7,9H2,1H3,(H,17,19). The lowest BCUT2D eigenvalue weighted by atomic mass is 9.97. The number of halogens is 2. The number of hydrogen-bond donors (Lipinski definition) is 1. The summed E-state index contributed by atoms with van der Waals surface area (Å²) >= 11 is 11.9. The average molecular weight is 301 g/mol. The summed E-state index contributed by atoms with van der Waals surface area (Å²) in [5.41, 5.74) is 0.446. The maximum Gasteiger partial charge on any atom is 0.252 e. The van der Waals surface area contributed by atoms with Gasteiger partial charge in [0.05, 0.1) is 10.6 Å². The second kappa shape index (κ2) is 6.60. The van der Waals surface area contributed by atoms with E-state index < -0.39 is 0 Å². The van der Waals surface area contributed by atoms with Crippen LogP contribution in [-0.4, -0.2) is 37.5 Å². The molecule has 0 aliphatic carbocycles. The van der Waals surface area contributed by atoms with Crippen molar-refractivity contribution in [3.05, 3.63) is 33.8 Å². The lowest BCUT2D eigenvalue weighted by molar-refractivity contribution is 0.0939. The van der Waals surface area contributed by atoms with Gasteiger partial charge in [-0.05, 0) is 57.1 Å². The van der Waals surface area contributed by atoms with Crippen molar-refractivity contribution in [1.29, 1.82) is 0 Å². The summed E-state index contributed by atoms with van der Waals surface area (Å²) < 4.78 is 0. The van der Waals surface area contributed by atoms with Crippen molar-refractivity contribution in [2.75, 3.05) is 26.7 Å². The molecule has 1 aliphatic heterocycles. The van der Waals surface area contributed by atoms with E-state index in [2.05, 4.69) is 17.3 Å². The molecule has 1 N–H and O–H groups in total. The summed E-state index contributed by atoms with van der Waals surface area (Å²) in [6.07, 6.45) is 2.25. The first-order valence-corrected chi connectivity index (χ1v) is 7.23. The molecule has 0 spiro atoms. The Balaban J connectivity index is 1.89.